The lowest BCUT2D eigenvalue weighted by Gasteiger charge is -2.05. The lowest BCUT2D eigenvalue weighted by Crippen LogP contribution is -2.22. The topological polar surface area (TPSA) is 78.0 Å². The number of aromatic nitrogens is 2. The maximum absolute atomic E-state index is 12.7. The first-order chi connectivity index (χ1) is 8.16. The van der Waals surface area contributed by atoms with E-state index < -0.39 is 11.7 Å². The van der Waals surface area contributed by atoms with Crippen molar-refractivity contribution in [2.24, 2.45) is 0 Å². The number of aromatic hydroxyl groups is 1. The van der Waals surface area contributed by atoms with Gasteiger partial charge in [0.2, 0.25) is 0 Å². The fraction of sp³-hybridized carbons (Fsp3) is 0.0909. The third-order valence-electron chi connectivity index (χ3n) is 2.21. The molecular formula is C11H10FN3O2. The molecule has 0 unspecified atom stereocenters. The molecule has 6 heteroatoms. The van der Waals surface area contributed by atoms with Gasteiger partial charge in [0.1, 0.15) is 11.6 Å². The van der Waals surface area contributed by atoms with Crippen molar-refractivity contribution < 1.29 is 14.3 Å². The number of nitrogens with zero attached hydrogens (tertiary/aromatic N) is 1. The van der Waals surface area contributed by atoms with E-state index in [1.54, 1.807) is 12.4 Å². The molecule has 0 aliphatic carbocycles. The monoisotopic (exact) mass is 235 g/mol. The molecule has 1 aromatic heterocycles. The zero-order chi connectivity index (χ0) is 12.3. The molecule has 0 bridgehead atoms. The molecule has 5 nitrogen and oxygen atoms in total. The molecule has 2 rings (SSSR count). The summed E-state index contributed by atoms with van der Waals surface area (Å²) in [5.41, 5.74) is 0.842. The normalized spacial score (nSPS) is 10.2. The summed E-state index contributed by atoms with van der Waals surface area (Å²) in [6.45, 7) is 0.284. The summed E-state index contributed by atoms with van der Waals surface area (Å²) in [5.74, 6) is -1.44. The molecule has 0 aliphatic rings. The van der Waals surface area contributed by atoms with Crippen LogP contribution in [0.15, 0.2) is 30.6 Å². The highest BCUT2D eigenvalue weighted by Gasteiger charge is 2.11. The number of rotatable bonds is 3. The van der Waals surface area contributed by atoms with Crippen molar-refractivity contribution in [1.82, 2.24) is 15.5 Å². The lowest BCUT2D eigenvalue weighted by molar-refractivity contribution is 0.0948. The summed E-state index contributed by atoms with van der Waals surface area (Å²) in [5, 5.41) is 18.3. The third-order valence-corrected chi connectivity index (χ3v) is 2.21. The number of carbonyl (C=O) groups excluding carboxylic acids is 1. The molecule has 0 atom stereocenters. The van der Waals surface area contributed by atoms with Gasteiger partial charge in [-0.15, -0.1) is 0 Å². The molecule has 0 saturated heterocycles. The summed E-state index contributed by atoms with van der Waals surface area (Å²) >= 11 is 0. The molecule has 2 aromatic rings. The van der Waals surface area contributed by atoms with Gasteiger partial charge in [-0.3, -0.25) is 9.89 Å². The van der Waals surface area contributed by atoms with Crippen molar-refractivity contribution in [3.63, 3.8) is 0 Å². The van der Waals surface area contributed by atoms with E-state index in [9.17, 15) is 14.3 Å². The molecular weight excluding hydrogens is 225 g/mol. The molecule has 88 valence electrons. The number of hydrogen-bond acceptors (Lipinski definition) is 3. The quantitative estimate of drug-likeness (QED) is 0.747. The number of amides is 1. The lowest BCUT2D eigenvalue weighted by atomic mass is 10.2. The van der Waals surface area contributed by atoms with Crippen molar-refractivity contribution in [2.45, 2.75) is 6.54 Å². The largest absolute Gasteiger partial charge is 0.507 e. The highest BCUT2D eigenvalue weighted by molar-refractivity contribution is 5.96. The Kier molecular flexibility index (Phi) is 3.04. The van der Waals surface area contributed by atoms with Crippen molar-refractivity contribution in [3.8, 4) is 5.75 Å². The summed E-state index contributed by atoms with van der Waals surface area (Å²) < 4.78 is 12.7. The van der Waals surface area contributed by atoms with E-state index in [0.29, 0.717) is 0 Å². The van der Waals surface area contributed by atoms with Crippen LogP contribution < -0.4 is 5.32 Å². The van der Waals surface area contributed by atoms with E-state index in [1.807, 2.05) is 0 Å². The summed E-state index contributed by atoms with van der Waals surface area (Å²) in [7, 11) is 0. The van der Waals surface area contributed by atoms with E-state index in [2.05, 4.69) is 15.5 Å². The van der Waals surface area contributed by atoms with Gasteiger partial charge in [-0.05, 0) is 12.1 Å². The Morgan fingerprint density at radius 2 is 2.35 bits per heavy atom. The van der Waals surface area contributed by atoms with Gasteiger partial charge in [-0.2, -0.15) is 5.10 Å². The van der Waals surface area contributed by atoms with Crippen LogP contribution in [-0.2, 0) is 6.54 Å². The Morgan fingerprint density at radius 3 is 3.00 bits per heavy atom. The van der Waals surface area contributed by atoms with Gasteiger partial charge in [0.15, 0.2) is 0 Å². The fourth-order valence-electron chi connectivity index (χ4n) is 1.35. The first-order valence-corrected chi connectivity index (χ1v) is 4.91. The second kappa shape index (κ2) is 4.65. The molecule has 1 amide bonds. The Balaban J connectivity index is 2.04. The maximum Gasteiger partial charge on any atom is 0.255 e. The Morgan fingerprint density at radius 1 is 1.53 bits per heavy atom. The SMILES string of the molecule is O=C(NCc1cn[nH]c1)c1ccc(F)cc1O. The van der Waals surface area contributed by atoms with E-state index in [1.165, 1.54) is 6.07 Å². The van der Waals surface area contributed by atoms with Crippen molar-refractivity contribution in [3.05, 3.63) is 47.5 Å². The number of aromatic amines is 1. The average Bonchev–Trinajstić information content (AvgIpc) is 2.78. The minimum absolute atomic E-state index is 0.0369. The number of benzene rings is 1. The van der Waals surface area contributed by atoms with Crippen LogP contribution in [0.2, 0.25) is 0 Å². The van der Waals surface area contributed by atoms with Crippen LogP contribution in [0, 0.1) is 5.82 Å². The van der Waals surface area contributed by atoms with Crippen LogP contribution >= 0.6 is 0 Å². The van der Waals surface area contributed by atoms with Crippen LogP contribution in [0.4, 0.5) is 4.39 Å². The van der Waals surface area contributed by atoms with Crippen molar-refractivity contribution in [2.75, 3.05) is 0 Å². The van der Waals surface area contributed by atoms with Gasteiger partial charge in [-0.25, -0.2) is 4.39 Å². The van der Waals surface area contributed by atoms with Gasteiger partial charge in [0, 0.05) is 24.4 Å². The Bertz CT molecular complexity index is 526. The highest BCUT2D eigenvalue weighted by atomic mass is 19.1. The van der Waals surface area contributed by atoms with Crippen LogP contribution in [0.1, 0.15) is 15.9 Å². The van der Waals surface area contributed by atoms with Gasteiger partial charge >= 0.3 is 0 Å². The summed E-state index contributed by atoms with van der Waals surface area (Å²) in [4.78, 5) is 11.6. The predicted octanol–water partition coefficient (Wildman–Crippen LogP) is 1.18. The summed E-state index contributed by atoms with van der Waals surface area (Å²) in [6, 6.07) is 3.24. The van der Waals surface area contributed by atoms with Crippen LogP contribution in [0.5, 0.6) is 5.75 Å². The number of phenolic OH excluding ortho intramolecular Hbond substituents is 1. The number of halogens is 1. The second-order valence-corrected chi connectivity index (χ2v) is 3.45. The molecule has 0 aliphatic heterocycles. The van der Waals surface area contributed by atoms with Crippen LogP contribution in [0.3, 0.4) is 0 Å². The Labute approximate surface area is 96.3 Å². The zero-order valence-electron chi connectivity index (χ0n) is 8.77. The number of carbonyl (C=O) groups is 1. The van der Waals surface area contributed by atoms with Gasteiger partial charge in [0.25, 0.3) is 5.91 Å². The van der Waals surface area contributed by atoms with Gasteiger partial charge < -0.3 is 10.4 Å². The number of hydrogen-bond donors (Lipinski definition) is 3. The molecule has 17 heavy (non-hydrogen) atoms. The number of nitrogens with one attached hydrogen (secondary N) is 2. The molecule has 1 aromatic carbocycles. The smallest absolute Gasteiger partial charge is 0.255 e. The first-order valence-electron chi connectivity index (χ1n) is 4.91. The fourth-order valence-corrected chi connectivity index (χ4v) is 1.35. The van der Waals surface area contributed by atoms with E-state index in [-0.39, 0.29) is 17.9 Å². The average molecular weight is 235 g/mol. The number of H-pyrrole nitrogens is 1. The van der Waals surface area contributed by atoms with E-state index >= 15 is 0 Å². The standard InChI is InChI=1S/C11H10FN3O2/c12-8-1-2-9(10(16)3-8)11(17)13-4-7-5-14-15-6-7/h1-3,5-6,16H,4H2,(H,13,17)(H,14,15). The number of phenols is 1. The zero-order valence-corrected chi connectivity index (χ0v) is 8.77. The summed E-state index contributed by atoms with van der Waals surface area (Å²) in [6.07, 6.45) is 3.22. The van der Waals surface area contributed by atoms with E-state index in [4.69, 9.17) is 0 Å². The molecule has 0 spiro atoms. The first kappa shape index (κ1) is 11.1. The van der Waals surface area contributed by atoms with Gasteiger partial charge in [0.05, 0.1) is 11.8 Å². The molecule has 0 radical (unpaired) electrons. The van der Waals surface area contributed by atoms with Crippen molar-refractivity contribution in [1.29, 1.82) is 0 Å². The second-order valence-electron chi connectivity index (χ2n) is 3.45. The molecule has 3 N–H and O–H groups in total. The predicted molar refractivity (Wildman–Crippen MR) is 57.8 cm³/mol. The third kappa shape index (κ3) is 2.60. The molecule has 0 fully saturated rings. The molecule has 0 saturated carbocycles. The molecule has 1 heterocycles. The van der Waals surface area contributed by atoms with Crippen LogP contribution in [0.25, 0.3) is 0 Å². The van der Waals surface area contributed by atoms with Gasteiger partial charge in [-0.1, -0.05) is 0 Å². The van der Waals surface area contributed by atoms with Crippen LogP contribution in [-0.4, -0.2) is 21.2 Å². The van der Waals surface area contributed by atoms with Crippen molar-refractivity contribution >= 4 is 5.91 Å². The minimum Gasteiger partial charge on any atom is -0.507 e. The van der Waals surface area contributed by atoms with E-state index in [0.717, 1.165) is 17.7 Å². The maximum atomic E-state index is 12.7. The minimum atomic E-state index is -0.589. The highest BCUT2D eigenvalue weighted by Crippen LogP contribution is 2.17. The Hall–Kier alpha value is -2.37.